The van der Waals surface area contributed by atoms with Crippen molar-refractivity contribution >= 4 is 17.3 Å². The number of carboxylic acids is 1. The summed E-state index contributed by atoms with van der Waals surface area (Å²) in [6, 6.07) is 3.12. The molecule has 5 atom stereocenters. The van der Waals surface area contributed by atoms with Crippen LogP contribution in [0.3, 0.4) is 0 Å². The van der Waals surface area contributed by atoms with Crippen molar-refractivity contribution in [2.24, 2.45) is 0 Å². The first kappa shape index (κ1) is 18.4. The number of aliphatic hydroxyl groups is 4. The predicted molar refractivity (Wildman–Crippen MR) is 74.2 cm³/mol. The van der Waals surface area contributed by atoms with Crippen LogP contribution in [0.5, 0.6) is 0 Å². The van der Waals surface area contributed by atoms with Gasteiger partial charge in [0, 0.05) is 11.3 Å². The van der Waals surface area contributed by atoms with Crippen LogP contribution in [0.15, 0.2) is 18.2 Å². The lowest BCUT2D eigenvalue weighted by atomic mass is 9.98. The highest BCUT2D eigenvalue weighted by atomic mass is 16.8. The van der Waals surface area contributed by atoms with E-state index in [2.05, 4.69) is 5.32 Å². The zero-order chi connectivity index (χ0) is 18.0. The molecule has 11 heteroatoms. The van der Waals surface area contributed by atoms with Gasteiger partial charge >= 0.3 is 0 Å². The van der Waals surface area contributed by atoms with Crippen LogP contribution in [0.4, 0.5) is 11.4 Å². The summed E-state index contributed by atoms with van der Waals surface area (Å²) >= 11 is 0. The van der Waals surface area contributed by atoms with Gasteiger partial charge in [-0.3, -0.25) is 10.4 Å². The second kappa shape index (κ2) is 7.27. The normalized spacial score (nSPS) is 30.0. The number of carbonyl (C=O) groups excluding carboxylic acids is 1. The maximum atomic E-state index is 11.0. The van der Waals surface area contributed by atoms with E-state index < -0.39 is 48.8 Å². The summed E-state index contributed by atoms with van der Waals surface area (Å²) in [6.45, 7) is -0.630. The van der Waals surface area contributed by atoms with Crippen LogP contribution in [0.2, 0.25) is 0 Å². The van der Waals surface area contributed by atoms with E-state index in [9.17, 15) is 25.2 Å². The zero-order valence-electron chi connectivity index (χ0n) is 12.2. The van der Waals surface area contributed by atoms with Gasteiger partial charge in [0.1, 0.15) is 24.4 Å². The molecule has 1 aliphatic rings. The largest absolute Gasteiger partial charge is 0.545 e. The summed E-state index contributed by atoms with van der Waals surface area (Å²) in [5.41, 5.74) is -0.722. The Hall–Kier alpha value is -1.99. The number of hydrogen-bond acceptors (Lipinski definition) is 11. The van der Waals surface area contributed by atoms with Gasteiger partial charge in [-0.05, 0) is 18.2 Å². The van der Waals surface area contributed by atoms with Crippen molar-refractivity contribution in [1.29, 1.82) is 0 Å². The maximum Gasteiger partial charge on any atom is 0.157 e. The minimum absolute atomic E-state index is 0.0101. The molecule has 1 fully saturated rings. The Labute approximate surface area is 135 Å². The third-order valence-corrected chi connectivity index (χ3v) is 3.59. The van der Waals surface area contributed by atoms with E-state index in [1.807, 2.05) is 0 Å². The molecule has 2 rings (SSSR count). The summed E-state index contributed by atoms with van der Waals surface area (Å²) in [6.07, 6.45) is -7.23. The lowest BCUT2D eigenvalue weighted by molar-refractivity contribution is -0.255. The summed E-state index contributed by atoms with van der Waals surface area (Å²) in [4.78, 5) is 11.0. The van der Waals surface area contributed by atoms with Gasteiger partial charge in [0.25, 0.3) is 0 Å². The van der Waals surface area contributed by atoms with Crippen molar-refractivity contribution in [3.63, 3.8) is 0 Å². The number of benzene rings is 1. The standard InChI is InChI=1S/C13H18N2O9/c16-4-8-9(17)10(18)11(19)12(24-8)14-6-1-5(13(20)21)2-7(3-6)15(22)23/h1-3,8-12,14,16-19,22-23H,4H2,(H,20,21)/p-1/t8-,9+,10+,11-,12-/m0/s1. The first-order chi connectivity index (χ1) is 11.2. The first-order valence-corrected chi connectivity index (χ1v) is 6.86. The van der Waals surface area contributed by atoms with Crippen LogP contribution < -0.4 is 15.6 Å². The van der Waals surface area contributed by atoms with Gasteiger partial charge in [-0.15, -0.1) is 5.23 Å². The molecule has 1 heterocycles. The van der Waals surface area contributed by atoms with Crippen molar-refractivity contribution in [3.8, 4) is 0 Å². The molecule has 0 aliphatic carbocycles. The fourth-order valence-corrected chi connectivity index (χ4v) is 2.31. The lowest BCUT2D eigenvalue weighted by Gasteiger charge is -2.40. The number of hydrogen-bond donors (Lipinski definition) is 7. The average molecular weight is 345 g/mol. The van der Waals surface area contributed by atoms with Gasteiger partial charge in [0.2, 0.25) is 0 Å². The van der Waals surface area contributed by atoms with Gasteiger partial charge in [-0.2, -0.15) is 0 Å². The molecule has 0 aromatic heterocycles. The van der Waals surface area contributed by atoms with E-state index in [1.165, 1.54) is 0 Å². The Morgan fingerprint density at radius 2 is 1.83 bits per heavy atom. The molecule has 0 bridgehead atoms. The zero-order valence-corrected chi connectivity index (χ0v) is 12.2. The predicted octanol–water partition coefficient (Wildman–Crippen LogP) is -3.15. The number of carboxylic acid groups (broad SMARTS) is 1. The quantitative estimate of drug-likeness (QED) is 0.267. The van der Waals surface area contributed by atoms with E-state index in [-0.39, 0.29) is 16.6 Å². The third kappa shape index (κ3) is 3.73. The number of aliphatic hydroxyl groups excluding tert-OH is 4. The minimum atomic E-state index is -1.62. The molecular formula is C13H17N2O9-. The van der Waals surface area contributed by atoms with Crippen molar-refractivity contribution < 1.29 is 45.5 Å². The fourth-order valence-electron chi connectivity index (χ4n) is 2.31. The number of ether oxygens (including phenoxy) is 1. The summed E-state index contributed by atoms with van der Waals surface area (Å²) in [5, 5.41) is 69.7. The van der Waals surface area contributed by atoms with Crippen molar-refractivity contribution in [2.45, 2.75) is 30.6 Å². The van der Waals surface area contributed by atoms with Crippen molar-refractivity contribution in [2.75, 3.05) is 17.2 Å². The van der Waals surface area contributed by atoms with Crippen LogP contribution >= 0.6 is 0 Å². The number of anilines is 2. The molecule has 0 unspecified atom stereocenters. The van der Waals surface area contributed by atoms with E-state index >= 15 is 0 Å². The van der Waals surface area contributed by atoms with Gasteiger partial charge in [0.15, 0.2) is 6.23 Å². The Morgan fingerprint density at radius 1 is 1.17 bits per heavy atom. The molecule has 1 saturated heterocycles. The summed E-state index contributed by atoms with van der Waals surface area (Å²) < 4.78 is 5.21. The second-order valence-corrected chi connectivity index (χ2v) is 5.24. The van der Waals surface area contributed by atoms with Crippen molar-refractivity contribution in [1.82, 2.24) is 0 Å². The summed E-state index contributed by atoms with van der Waals surface area (Å²) in [7, 11) is 0. The van der Waals surface area contributed by atoms with Crippen LogP contribution in [0.25, 0.3) is 0 Å². The van der Waals surface area contributed by atoms with Crippen molar-refractivity contribution in [3.05, 3.63) is 23.8 Å². The molecule has 0 spiro atoms. The molecule has 1 aromatic carbocycles. The number of aromatic carboxylic acids is 1. The summed E-state index contributed by atoms with van der Waals surface area (Å²) in [5.74, 6) is -1.59. The number of rotatable bonds is 5. The molecule has 1 aliphatic heterocycles. The molecule has 24 heavy (non-hydrogen) atoms. The number of carbonyl (C=O) groups is 1. The molecule has 11 nitrogen and oxygen atoms in total. The topological polar surface area (TPSA) is 186 Å². The highest BCUT2D eigenvalue weighted by Crippen LogP contribution is 2.26. The Morgan fingerprint density at radius 3 is 2.38 bits per heavy atom. The minimum Gasteiger partial charge on any atom is -0.545 e. The van der Waals surface area contributed by atoms with Gasteiger partial charge in [-0.1, -0.05) is 0 Å². The molecular weight excluding hydrogens is 328 g/mol. The van der Waals surface area contributed by atoms with Gasteiger partial charge < -0.3 is 40.4 Å². The Kier molecular flexibility index (Phi) is 5.56. The monoisotopic (exact) mass is 345 g/mol. The van der Waals surface area contributed by atoms with Crippen LogP contribution in [0, 0.1) is 0 Å². The number of nitrogens with one attached hydrogen (secondary N) is 1. The maximum absolute atomic E-state index is 11.0. The first-order valence-electron chi connectivity index (χ1n) is 6.86. The SMILES string of the molecule is O=C([O-])c1cc(N[C@H]2O[C@@H](CO)[C@@H](O)[C@@H](O)[C@@H]2O)cc(N(O)O)c1. The van der Waals surface area contributed by atoms with E-state index in [4.69, 9.17) is 20.3 Å². The lowest BCUT2D eigenvalue weighted by Crippen LogP contribution is -2.60. The third-order valence-electron chi connectivity index (χ3n) is 3.59. The second-order valence-electron chi connectivity index (χ2n) is 5.24. The average Bonchev–Trinajstić information content (AvgIpc) is 2.55. The fraction of sp³-hybridized carbons (Fsp3) is 0.462. The number of nitrogens with zero attached hydrogens (tertiary/aromatic N) is 1. The molecule has 0 amide bonds. The van der Waals surface area contributed by atoms with Gasteiger partial charge in [0.05, 0.1) is 18.3 Å². The molecule has 0 radical (unpaired) electrons. The highest BCUT2D eigenvalue weighted by Gasteiger charge is 2.43. The van der Waals surface area contributed by atoms with E-state index in [0.29, 0.717) is 0 Å². The molecule has 0 saturated carbocycles. The van der Waals surface area contributed by atoms with Gasteiger partial charge in [-0.25, -0.2) is 0 Å². The molecule has 134 valence electrons. The van der Waals surface area contributed by atoms with Crippen LogP contribution in [0.1, 0.15) is 10.4 Å². The highest BCUT2D eigenvalue weighted by molar-refractivity contribution is 5.88. The Bertz CT molecular complexity index is 595. The van der Waals surface area contributed by atoms with E-state index in [0.717, 1.165) is 18.2 Å². The molecule has 1 aromatic rings. The molecule has 7 N–H and O–H groups in total. The van der Waals surface area contributed by atoms with Crippen LogP contribution in [-0.4, -0.2) is 74.1 Å². The van der Waals surface area contributed by atoms with E-state index in [1.54, 1.807) is 0 Å². The Balaban J connectivity index is 2.27. The smallest absolute Gasteiger partial charge is 0.157 e. The van der Waals surface area contributed by atoms with Crippen LogP contribution in [-0.2, 0) is 4.74 Å².